The minimum atomic E-state index is 0.474. The van der Waals surface area contributed by atoms with Gasteiger partial charge in [-0.2, -0.15) is 10.2 Å². The monoisotopic (exact) mass is 179 g/mol. The van der Waals surface area contributed by atoms with Crippen LogP contribution in [0.25, 0.3) is 0 Å². The van der Waals surface area contributed by atoms with Gasteiger partial charge in [0.2, 0.25) is 0 Å². The van der Waals surface area contributed by atoms with Gasteiger partial charge in [-0.3, -0.25) is 0 Å². The predicted molar refractivity (Wildman–Crippen MR) is 53.6 cm³/mol. The quantitative estimate of drug-likeness (QED) is 0.757. The fourth-order valence-electron chi connectivity index (χ4n) is 1.27. The van der Waals surface area contributed by atoms with Crippen LogP contribution in [0, 0.1) is 6.92 Å². The van der Waals surface area contributed by atoms with Crippen molar-refractivity contribution in [3.63, 3.8) is 0 Å². The molecule has 1 aromatic heterocycles. The molecule has 72 valence electrons. The number of likely N-dealkylation sites (N-methyl/N-ethyl adjacent to an activating group) is 1. The third-order valence-corrected chi connectivity index (χ3v) is 1.92. The van der Waals surface area contributed by atoms with Crippen molar-refractivity contribution in [2.75, 3.05) is 6.54 Å². The van der Waals surface area contributed by atoms with E-state index in [4.69, 9.17) is 0 Å². The van der Waals surface area contributed by atoms with E-state index >= 15 is 0 Å². The number of aromatic nitrogens is 2. The zero-order valence-electron chi connectivity index (χ0n) is 8.54. The van der Waals surface area contributed by atoms with Crippen LogP contribution in [0.15, 0.2) is 12.1 Å². The van der Waals surface area contributed by atoms with Gasteiger partial charge in [-0.05, 0) is 32.5 Å². The number of rotatable bonds is 4. The normalized spacial score (nSPS) is 12.8. The number of aryl methyl sites for hydroxylation is 1. The van der Waals surface area contributed by atoms with Gasteiger partial charge in [0.15, 0.2) is 0 Å². The van der Waals surface area contributed by atoms with E-state index in [9.17, 15) is 0 Å². The second-order valence-corrected chi connectivity index (χ2v) is 3.33. The fraction of sp³-hybridized carbons (Fsp3) is 0.600. The molecular weight excluding hydrogens is 162 g/mol. The van der Waals surface area contributed by atoms with Gasteiger partial charge in [0.05, 0.1) is 11.4 Å². The highest BCUT2D eigenvalue weighted by atomic mass is 15.1. The maximum Gasteiger partial charge on any atom is 0.0646 e. The molecule has 1 N–H and O–H groups in total. The van der Waals surface area contributed by atoms with Crippen LogP contribution in [0.4, 0.5) is 0 Å². The number of hydrogen-bond acceptors (Lipinski definition) is 3. The second-order valence-electron chi connectivity index (χ2n) is 3.33. The van der Waals surface area contributed by atoms with Crippen LogP contribution in [0.5, 0.6) is 0 Å². The van der Waals surface area contributed by atoms with E-state index in [-0.39, 0.29) is 0 Å². The summed E-state index contributed by atoms with van der Waals surface area (Å²) in [6.07, 6.45) is 0.946. The minimum Gasteiger partial charge on any atom is -0.314 e. The summed E-state index contributed by atoms with van der Waals surface area (Å²) < 4.78 is 0. The molecule has 3 heteroatoms. The van der Waals surface area contributed by atoms with Crippen LogP contribution < -0.4 is 5.32 Å². The molecular formula is C10H17N3. The van der Waals surface area contributed by atoms with Crippen molar-refractivity contribution in [3.8, 4) is 0 Å². The summed E-state index contributed by atoms with van der Waals surface area (Å²) in [7, 11) is 0. The highest BCUT2D eigenvalue weighted by Gasteiger charge is 2.02. The average Bonchev–Trinajstić information content (AvgIpc) is 2.09. The second kappa shape index (κ2) is 4.92. The lowest BCUT2D eigenvalue weighted by Gasteiger charge is -2.10. The summed E-state index contributed by atoms with van der Waals surface area (Å²) in [5.74, 6) is 0. The van der Waals surface area contributed by atoms with Crippen LogP contribution >= 0.6 is 0 Å². The molecule has 0 aliphatic heterocycles. The van der Waals surface area contributed by atoms with Gasteiger partial charge in [0, 0.05) is 12.5 Å². The van der Waals surface area contributed by atoms with E-state index < -0.39 is 0 Å². The van der Waals surface area contributed by atoms with E-state index in [2.05, 4.69) is 29.4 Å². The Hall–Kier alpha value is -0.960. The molecule has 0 spiro atoms. The molecule has 1 rings (SSSR count). The molecule has 0 aliphatic rings. The van der Waals surface area contributed by atoms with Crippen LogP contribution in [-0.2, 0) is 6.42 Å². The Kier molecular flexibility index (Phi) is 3.83. The van der Waals surface area contributed by atoms with Crippen LogP contribution in [-0.4, -0.2) is 22.8 Å². The first-order chi connectivity index (χ1) is 6.22. The van der Waals surface area contributed by atoms with Crippen molar-refractivity contribution in [2.24, 2.45) is 0 Å². The SMILES string of the molecule is CCNC(C)Cc1ccc(C)nn1. The highest BCUT2D eigenvalue weighted by Crippen LogP contribution is 1.99. The van der Waals surface area contributed by atoms with Crippen LogP contribution in [0.3, 0.4) is 0 Å². The first-order valence-corrected chi connectivity index (χ1v) is 4.75. The standard InChI is InChI=1S/C10H17N3/c1-4-11-9(3)7-10-6-5-8(2)12-13-10/h5-6,9,11H,4,7H2,1-3H3. The Morgan fingerprint density at radius 2 is 2.15 bits per heavy atom. The molecule has 0 fully saturated rings. The van der Waals surface area contributed by atoms with E-state index in [0.29, 0.717) is 6.04 Å². The number of nitrogens with zero attached hydrogens (tertiary/aromatic N) is 2. The molecule has 0 amide bonds. The van der Waals surface area contributed by atoms with Crippen molar-refractivity contribution in [3.05, 3.63) is 23.5 Å². The molecule has 1 unspecified atom stereocenters. The van der Waals surface area contributed by atoms with Gasteiger partial charge in [-0.1, -0.05) is 6.92 Å². The van der Waals surface area contributed by atoms with Crippen molar-refractivity contribution in [1.29, 1.82) is 0 Å². The summed E-state index contributed by atoms with van der Waals surface area (Å²) >= 11 is 0. The molecule has 1 atom stereocenters. The fourth-order valence-corrected chi connectivity index (χ4v) is 1.27. The molecule has 0 aromatic carbocycles. The summed E-state index contributed by atoms with van der Waals surface area (Å²) in [5.41, 5.74) is 2.03. The number of nitrogens with one attached hydrogen (secondary N) is 1. The van der Waals surface area contributed by atoms with Gasteiger partial charge >= 0.3 is 0 Å². The maximum absolute atomic E-state index is 4.11. The van der Waals surface area contributed by atoms with E-state index in [1.807, 2.05) is 19.1 Å². The third-order valence-electron chi connectivity index (χ3n) is 1.92. The van der Waals surface area contributed by atoms with Crippen molar-refractivity contribution in [2.45, 2.75) is 33.2 Å². The molecule has 13 heavy (non-hydrogen) atoms. The summed E-state index contributed by atoms with van der Waals surface area (Å²) in [6, 6.07) is 4.51. The van der Waals surface area contributed by atoms with Gasteiger partial charge in [-0.15, -0.1) is 0 Å². The molecule has 0 aliphatic carbocycles. The largest absolute Gasteiger partial charge is 0.314 e. The summed E-state index contributed by atoms with van der Waals surface area (Å²) in [5, 5.41) is 11.5. The van der Waals surface area contributed by atoms with Gasteiger partial charge in [0.1, 0.15) is 0 Å². The van der Waals surface area contributed by atoms with Gasteiger partial charge < -0.3 is 5.32 Å². The molecule has 0 saturated heterocycles. The van der Waals surface area contributed by atoms with Gasteiger partial charge in [-0.25, -0.2) is 0 Å². The molecule has 0 radical (unpaired) electrons. The first-order valence-electron chi connectivity index (χ1n) is 4.75. The number of hydrogen-bond donors (Lipinski definition) is 1. The minimum absolute atomic E-state index is 0.474. The predicted octanol–water partition coefficient (Wildman–Crippen LogP) is 1.33. The highest BCUT2D eigenvalue weighted by molar-refractivity contribution is 5.06. The smallest absolute Gasteiger partial charge is 0.0646 e. The maximum atomic E-state index is 4.11. The first kappa shape index (κ1) is 10.1. The molecule has 1 aromatic rings. The molecule has 0 bridgehead atoms. The van der Waals surface area contributed by atoms with E-state index in [0.717, 1.165) is 24.4 Å². The lowest BCUT2D eigenvalue weighted by molar-refractivity contribution is 0.556. The summed E-state index contributed by atoms with van der Waals surface area (Å²) in [4.78, 5) is 0. The lowest BCUT2D eigenvalue weighted by atomic mass is 10.2. The molecule has 1 heterocycles. The lowest BCUT2D eigenvalue weighted by Crippen LogP contribution is -2.28. The molecule has 3 nitrogen and oxygen atoms in total. The zero-order valence-corrected chi connectivity index (χ0v) is 8.54. The van der Waals surface area contributed by atoms with Crippen molar-refractivity contribution < 1.29 is 0 Å². The Balaban J connectivity index is 2.49. The van der Waals surface area contributed by atoms with Gasteiger partial charge in [0.25, 0.3) is 0 Å². The Morgan fingerprint density at radius 3 is 2.69 bits per heavy atom. The Bertz CT molecular complexity index is 243. The van der Waals surface area contributed by atoms with Crippen LogP contribution in [0.1, 0.15) is 25.2 Å². The zero-order chi connectivity index (χ0) is 9.68. The topological polar surface area (TPSA) is 37.8 Å². The Labute approximate surface area is 79.6 Å². The van der Waals surface area contributed by atoms with E-state index in [1.165, 1.54) is 0 Å². The summed E-state index contributed by atoms with van der Waals surface area (Å²) in [6.45, 7) is 7.22. The third kappa shape index (κ3) is 3.51. The van der Waals surface area contributed by atoms with Crippen LogP contribution in [0.2, 0.25) is 0 Å². The average molecular weight is 179 g/mol. The molecule has 0 saturated carbocycles. The van der Waals surface area contributed by atoms with Crippen molar-refractivity contribution >= 4 is 0 Å². The van der Waals surface area contributed by atoms with E-state index in [1.54, 1.807) is 0 Å². The Morgan fingerprint density at radius 1 is 1.38 bits per heavy atom. The van der Waals surface area contributed by atoms with Crippen molar-refractivity contribution in [1.82, 2.24) is 15.5 Å².